The predicted molar refractivity (Wildman–Crippen MR) is 79.7 cm³/mol. The summed E-state index contributed by atoms with van der Waals surface area (Å²) in [6.45, 7) is 5.60. The molecule has 106 valence electrons. The van der Waals surface area contributed by atoms with E-state index in [1.54, 1.807) is 6.07 Å². The summed E-state index contributed by atoms with van der Waals surface area (Å²) in [6, 6.07) is 12.4. The molecule has 2 nitrogen and oxygen atoms in total. The molecule has 0 saturated heterocycles. The highest BCUT2D eigenvalue weighted by Gasteiger charge is 2.07. The van der Waals surface area contributed by atoms with Gasteiger partial charge in [0.25, 0.3) is 0 Å². The van der Waals surface area contributed by atoms with Crippen molar-refractivity contribution in [3.05, 3.63) is 59.4 Å². The van der Waals surface area contributed by atoms with Gasteiger partial charge in [-0.1, -0.05) is 25.1 Å². The summed E-state index contributed by atoms with van der Waals surface area (Å²) < 4.78 is 19.3. The average molecular weight is 273 g/mol. The van der Waals surface area contributed by atoms with E-state index in [1.807, 2.05) is 31.2 Å². The molecule has 0 unspecified atom stereocenters. The van der Waals surface area contributed by atoms with E-state index < -0.39 is 0 Å². The normalized spacial score (nSPS) is 10.6. The lowest BCUT2D eigenvalue weighted by atomic mass is 10.1. The summed E-state index contributed by atoms with van der Waals surface area (Å²) in [5.41, 5.74) is 1.89. The van der Waals surface area contributed by atoms with Crippen LogP contribution >= 0.6 is 0 Å². The quantitative estimate of drug-likeness (QED) is 0.786. The van der Waals surface area contributed by atoms with Crippen molar-refractivity contribution >= 4 is 0 Å². The number of hydrogen-bond donors (Lipinski definition) is 1. The topological polar surface area (TPSA) is 21.3 Å². The second kappa shape index (κ2) is 7.06. The zero-order valence-corrected chi connectivity index (χ0v) is 11.9. The highest BCUT2D eigenvalue weighted by molar-refractivity contribution is 5.41. The first kappa shape index (κ1) is 14.5. The van der Waals surface area contributed by atoms with E-state index >= 15 is 0 Å². The van der Waals surface area contributed by atoms with Gasteiger partial charge in [-0.25, -0.2) is 4.39 Å². The molecule has 2 rings (SSSR count). The van der Waals surface area contributed by atoms with Crippen LogP contribution in [0.15, 0.2) is 42.5 Å². The molecule has 20 heavy (non-hydrogen) atoms. The molecule has 0 atom stereocenters. The lowest BCUT2D eigenvalue weighted by Gasteiger charge is -2.13. The SMILES string of the molecule is CCCNCc1cc(F)ccc1Oc1ccccc1C. The molecule has 3 heteroatoms. The Morgan fingerprint density at radius 1 is 1.10 bits per heavy atom. The largest absolute Gasteiger partial charge is 0.457 e. The lowest BCUT2D eigenvalue weighted by molar-refractivity contribution is 0.466. The number of rotatable bonds is 6. The number of aryl methyl sites for hydroxylation is 1. The van der Waals surface area contributed by atoms with Crippen molar-refractivity contribution in [1.82, 2.24) is 5.32 Å². The van der Waals surface area contributed by atoms with Crippen molar-refractivity contribution in [2.75, 3.05) is 6.54 Å². The van der Waals surface area contributed by atoms with Gasteiger partial charge in [-0.2, -0.15) is 0 Å². The van der Waals surface area contributed by atoms with E-state index in [4.69, 9.17) is 4.74 Å². The molecule has 2 aromatic rings. The monoisotopic (exact) mass is 273 g/mol. The van der Waals surface area contributed by atoms with Crippen LogP contribution in [0.3, 0.4) is 0 Å². The van der Waals surface area contributed by atoms with Crippen LogP contribution in [-0.2, 0) is 6.54 Å². The number of benzene rings is 2. The van der Waals surface area contributed by atoms with Gasteiger partial charge in [-0.15, -0.1) is 0 Å². The molecule has 0 heterocycles. The maximum atomic E-state index is 13.4. The molecule has 1 N–H and O–H groups in total. The fourth-order valence-corrected chi connectivity index (χ4v) is 1.97. The van der Waals surface area contributed by atoms with E-state index in [1.165, 1.54) is 12.1 Å². The van der Waals surface area contributed by atoms with E-state index in [9.17, 15) is 4.39 Å². The van der Waals surface area contributed by atoms with Gasteiger partial charge in [0.05, 0.1) is 0 Å². The maximum Gasteiger partial charge on any atom is 0.132 e. The molecular weight excluding hydrogens is 253 g/mol. The number of halogens is 1. The Labute approximate surface area is 119 Å². The molecule has 0 aliphatic heterocycles. The minimum Gasteiger partial charge on any atom is -0.457 e. The Hall–Kier alpha value is -1.87. The standard InChI is InChI=1S/C17H20FNO/c1-3-10-19-12-14-11-15(18)8-9-17(14)20-16-7-5-4-6-13(16)2/h4-9,11,19H,3,10,12H2,1-2H3. The van der Waals surface area contributed by atoms with Gasteiger partial charge in [0.1, 0.15) is 17.3 Å². The van der Waals surface area contributed by atoms with Crippen LogP contribution < -0.4 is 10.1 Å². The molecule has 0 amide bonds. The molecule has 2 aromatic carbocycles. The van der Waals surface area contributed by atoms with E-state index in [-0.39, 0.29) is 5.82 Å². The number of nitrogens with one attached hydrogen (secondary N) is 1. The molecule has 0 saturated carbocycles. The van der Waals surface area contributed by atoms with E-state index in [0.717, 1.165) is 29.8 Å². The number of para-hydroxylation sites is 1. The van der Waals surface area contributed by atoms with Crippen molar-refractivity contribution in [2.45, 2.75) is 26.8 Å². The molecule has 0 radical (unpaired) electrons. The number of hydrogen-bond acceptors (Lipinski definition) is 2. The Balaban J connectivity index is 2.20. The van der Waals surface area contributed by atoms with Crippen LogP contribution in [0.1, 0.15) is 24.5 Å². The summed E-state index contributed by atoms with van der Waals surface area (Å²) in [7, 11) is 0. The van der Waals surface area contributed by atoms with Crippen LogP contribution in [-0.4, -0.2) is 6.54 Å². The van der Waals surface area contributed by atoms with Gasteiger partial charge in [-0.05, 0) is 49.7 Å². The minimum absolute atomic E-state index is 0.240. The van der Waals surface area contributed by atoms with Crippen molar-refractivity contribution in [2.24, 2.45) is 0 Å². The van der Waals surface area contributed by atoms with Crippen LogP contribution in [0.5, 0.6) is 11.5 Å². The summed E-state index contributed by atoms with van der Waals surface area (Å²) in [4.78, 5) is 0. The molecule has 0 aromatic heterocycles. The predicted octanol–water partition coefficient (Wildman–Crippen LogP) is 4.43. The Kier molecular flexibility index (Phi) is 5.13. The summed E-state index contributed by atoms with van der Waals surface area (Å²) in [6.07, 6.45) is 1.04. The van der Waals surface area contributed by atoms with Crippen LogP contribution in [0.25, 0.3) is 0 Å². The Morgan fingerprint density at radius 2 is 1.90 bits per heavy atom. The minimum atomic E-state index is -0.240. The van der Waals surface area contributed by atoms with Gasteiger partial charge in [-0.3, -0.25) is 0 Å². The van der Waals surface area contributed by atoms with Gasteiger partial charge in [0, 0.05) is 12.1 Å². The van der Waals surface area contributed by atoms with Gasteiger partial charge in [0.15, 0.2) is 0 Å². The Morgan fingerprint density at radius 3 is 2.65 bits per heavy atom. The fourth-order valence-electron chi connectivity index (χ4n) is 1.97. The third-order valence-corrected chi connectivity index (χ3v) is 3.08. The highest BCUT2D eigenvalue weighted by Crippen LogP contribution is 2.28. The van der Waals surface area contributed by atoms with Crippen LogP contribution in [0.4, 0.5) is 4.39 Å². The molecule has 0 spiro atoms. The summed E-state index contributed by atoms with van der Waals surface area (Å²) in [5, 5.41) is 3.27. The third-order valence-electron chi connectivity index (χ3n) is 3.08. The molecule has 0 aliphatic carbocycles. The van der Waals surface area contributed by atoms with Crippen LogP contribution in [0.2, 0.25) is 0 Å². The highest BCUT2D eigenvalue weighted by atomic mass is 19.1. The molecule has 0 fully saturated rings. The lowest BCUT2D eigenvalue weighted by Crippen LogP contribution is -2.14. The van der Waals surface area contributed by atoms with E-state index in [2.05, 4.69) is 12.2 Å². The second-order valence-electron chi connectivity index (χ2n) is 4.80. The first-order valence-electron chi connectivity index (χ1n) is 6.93. The van der Waals surface area contributed by atoms with Crippen molar-refractivity contribution in [3.63, 3.8) is 0 Å². The molecular formula is C17H20FNO. The molecule has 0 aliphatic rings. The van der Waals surface area contributed by atoms with Gasteiger partial charge >= 0.3 is 0 Å². The molecule has 0 bridgehead atoms. The maximum absolute atomic E-state index is 13.4. The first-order chi connectivity index (χ1) is 9.70. The second-order valence-corrected chi connectivity index (χ2v) is 4.80. The van der Waals surface area contributed by atoms with Crippen molar-refractivity contribution < 1.29 is 9.13 Å². The van der Waals surface area contributed by atoms with Crippen molar-refractivity contribution in [1.29, 1.82) is 0 Å². The van der Waals surface area contributed by atoms with Gasteiger partial charge < -0.3 is 10.1 Å². The van der Waals surface area contributed by atoms with E-state index in [0.29, 0.717) is 12.3 Å². The average Bonchev–Trinajstić information content (AvgIpc) is 2.44. The van der Waals surface area contributed by atoms with Crippen molar-refractivity contribution in [3.8, 4) is 11.5 Å². The zero-order valence-electron chi connectivity index (χ0n) is 11.9. The smallest absolute Gasteiger partial charge is 0.132 e. The third kappa shape index (κ3) is 3.81. The summed E-state index contributed by atoms with van der Waals surface area (Å²) >= 11 is 0. The number of ether oxygens (including phenoxy) is 1. The van der Waals surface area contributed by atoms with Gasteiger partial charge in [0.2, 0.25) is 0 Å². The first-order valence-corrected chi connectivity index (χ1v) is 6.93. The Bertz CT molecular complexity index is 569. The summed E-state index contributed by atoms with van der Waals surface area (Å²) in [5.74, 6) is 1.26. The zero-order chi connectivity index (χ0) is 14.4. The van der Waals surface area contributed by atoms with Crippen LogP contribution in [0, 0.1) is 12.7 Å². The fraction of sp³-hybridized carbons (Fsp3) is 0.294.